The van der Waals surface area contributed by atoms with Crippen LogP contribution in [0.5, 0.6) is 5.75 Å². The Morgan fingerprint density at radius 2 is 2.22 bits per heavy atom. The van der Waals surface area contributed by atoms with Gasteiger partial charge < -0.3 is 10.5 Å². The molecule has 0 fully saturated rings. The molecular weight excluding hydrogens is 294 g/mol. The van der Waals surface area contributed by atoms with Crippen molar-refractivity contribution in [1.29, 1.82) is 5.26 Å². The van der Waals surface area contributed by atoms with Crippen molar-refractivity contribution in [3.63, 3.8) is 0 Å². The Morgan fingerprint density at radius 3 is 2.94 bits per heavy atom. The summed E-state index contributed by atoms with van der Waals surface area (Å²) in [6, 6.07) is 11.0. The summed E-state index contributed by atoms with van der Waals surface area (Å²) in [6.07, 6.45) is 1.58. The van der Waals surface area contributed by atoms with E-state index in [4.69, 9.17) is 15.7 Å². The highest BCUT2D eigenvalue weighted by Crippen LogP contribution is 2.23. The van der Waals surface area contributed by atoms with Crippen LogP contribution in [0.2, 0.25) is 0 Å². The topological polar surface area (TPSA) is 71.9 Å². The lowest BCUT2D eigenvalue weighted by Crippen LogP contribution is -2.00. The maximum Gasteiger partial charge on any atom is 0.147 e. The molecule has 2 N–H and O–H groups in total. The molecule has 0 bridgehead atoms. The van der Waals surface area contributed by atoms with Gasteiger partial charge in [0.15, 0.2) is 0 Å². The highest BCUT2D eigenvalue weighted by Gasteiger charge is 2.04. The molecule has 1 aromatic heterocycles. The number of nitriles is 1. The van der Waals surface area contributed by atoms with E-state index in [1.165, 1.54) is 0 Å². The van der Waals surface area contributed by atoms with Crippen molar-refractivity contribution in [3.8, 4) is 11.8 Å². The first-order chi connectivity index (χ1) is 8.69. The number of benzene rings is 1. The van der Waals surface area contributed by atoms with E-state index in [2.05, 4.69) is 20.9 Å². The lowest BCUT2D eigenvalue weighted by Gasteiger charge is -2.08. The zero-order chi connectivity index (χ0) is 13.0. The number of aromatic nitrogens is 1. The Labute approximate surface area is 113 Å². The normalized spacial score (nSPS) is 9.78. The minimum atomic E-state index is 0.284. The summed E-state index contributed by atoms with van der Waals surface area (Å²) < 4.78 is 6.45. The fourth-order valence-electron chi connectivity index (χ4n) is 1.48. The van der Waals surface area contributed by atoms with Crippen LogP contribution in [0, 0.1) is 11.3 Å². The van der Waals surface area contributed by atoms with Crippen molar-refractivity contribution in [2.45, 2.75) is 6.61 Å². The van der Waals surface area contributed by atoms with E-state index in [0.29, 0.717) is 17.1 Å². The molecule has 0 saturated heterocycles. The third-order valence-electron chi connectivity index (χ3n) is 2.29. The molecule has 0 aliphatic rings. The summed E-state index contributed by atoms with van der Waals surface area (Å²) in [4.78, 5) is 3.97. The third kappa shape index (κ3) is 2.99. The maximum atomic E-state index is 8.91. The van der Waals surface area contributed by atoms with Crippen LogP contribution < -0.4 is 10.5 Å². The van der Waals surface area contributed by atoms with Crippen LogP contribution >= 0.6 is 15.9 Å². The van der Waals surface area contributed by atoms with E-state index in [9.17, 15) is 0 Å². The molecule has 1 aromatic carbocycles. The van der Waals surface area contributed by atoms with E-state index < -0.39 is 0 Å². The number of nitrogens with two attached hydrogens (primary N) is 1. The molecule has 2 rings (SSSR count). The van der Waals surface area contributed by atoms with Gasteiger partial charge in [-0.2, -0.15) is 5.26 Å². The average Bonchev–Trinajstić information content (AvgIpc) is 2.35. The van der Waals surface area contributed by atoms with Gasteiger partial charge in [-0.05, 0) is 18.2 Å². The van der Waals surface area contributed by atoms with E-state index >= 15 is 0 Å². The zero-order valence-corrected chi connectivity index (χ0v) is 11.0. The summed E-state index contributed by atoms with van der Waals surface area (Å²) in [5.41, 5.74) is 7.45. The average molecular weight is 304 g/mol. The lowest BCUT2D eigenvalue weighted by molar-refractivity contribution is 0.305. The van der Waals surface area contributed by atoms with E-state index in [0.717, 1.165) is 10.0 Å². The number of nitrogen functional groups attached to an aromatic ring is 1. The van der Waals surface area contributed by atoms with Gasteiger partial charge in [0.25, 0.3) is 0 Å². The first-order valence-corrected chi connectivity index (χ1v) is 6.01. The van der Waals surface area contributed by atoms with Gasteiger partial charge in [-0.25, -0.2) is 4.98 Å². The van der Waals surface area contributed by atoms with E-state index in [1.54, 1.807) is 24.4 Å². The molecular formula is C13H10BrN3O. The molecule has 90 valence electrons. The molecule has 0 spiro atoms. The van der Waals surface area contributed by atoms with Gasteiger partial charge in [-0.1, -0.05) is 22.0 Å². The van der Waals surface area contributed by atoms with Crippen LogP contribution in [0.25, 0.3) is 0 Å². The summed E-state index contributed by atoms with van der Waals surface area (Å²) in [6.45, 7) is 0.284. The van der Waals surface area contributed by atoms with Crippen LogP contribution in [0.15, 0.2) is 41.0 Å². The standard InChI is InChI=1S/C13H10BrN3O/c14-10-4-11(16)6-12(5-10)18-8-9-2-1-3-17-13(9)7-15/h1-6H,8,16H2. The molecule has 4 nitrogen and oxygen atoms in total. The second-order valence-electron chi connectivity index (χ2n) is 3.63. The summed E-state index contributed by atoms with van der Waals surface area (Å²) >= 11 is 3.34. The predicted molar refractivity (Wildman–Crippen MR) is 71.8 cm³/mol. The number of halogens is 1. The highest BCUT2D eigenvalue weighted by atomic mass is 79.9. The summed E-state index contributed by atoms with van der Waals surface area (Å²) in [7, 11) is 0. The van der Waals surface area contributed by atoms with Crippen LogP contribution in [0.4, 0.5) is 5.69 Å². The van der Waals surface area contributed by atoms with Crippen LogP contribution in [-0.2, 0) is 6.61 Å². The largest absolute Gasteiger partial charge is 0.489 e. The van der Waals surface area contributed by atoms with Crippen molar-refractivity contribution in [3.05, 3.63) is 52.3 Å². The van der Waals surface area contributed by atoms with Crippen LogP contribution in [-0.4, -0.2) is 4.98 Å². The summed E-state index contributed by atoms with van der Waals surface area (Å²) in [5, 5.41) is 8.91. The Hall–Kier alpha value is -2.06. The number of hydrogen-bond donors (Lipinski definition) is 1. The lowest BCUT2D eigenvalue weighted by atomic mass is 10.2. The van der Waals surface area contributed by atoms with Gasteiger partial charge in [0, 0.05) is 28.0 Å². The minimum absolute atomic E-state index is 0.284. The maximum absolute atomic E-state index is 8.91. The Kier molecular flexibility index (Phi) is 3.80. The second-order valence-corrected chi connectivity index (χ2v) is 4.55. The molecule has 0 amide bonds. The van der Waals surface area contributed by atoms with Crippen LogP contribution in [0.1, 0.15) is 11.3 Å². The highest BCUT2D eigenvalue weighted by molar-refractivity contribution is 9.10. The quantitative estimate of drug-likeness (QED) is 0.885. The third-order valence-corrected chi connectivity index (χ3v) is 2.74. The molecule has 18 heavy (non-hydrogen) atoms. The van der Waals surface area contributed by atoms with E-state index in [1.807, 2.05) is 18.2 Å². The fourth-order valence-corrected chi connectivity index (χ4v) is 1.97. The molecule has 5 heteroatoms. The fraction of sp³-hybridized carbons (Fsp3) is 0.0769. The van der Waals surface area contributed by atoms with Gasteiger partial charge in [-0.3, -0.25) is 0 Å². The van der Waals surface area contributed by atoms with Crippen molar-refractivity contribution in [2.24, 2.45) is 0 Å². The van der Waals surface area contributed by atoms with Crippen LogP contribution in [0.3, 0.4) is 0 Å². The smallest absolute Gasteiger partial charge is 0.147 e. The second kappa shape index (κ2) is 5.52. The minimum Gasteiger partial charge on any atom is -0.489 e. The van der Waals surface area contributed by atoms with Gasteiger partial charge in [0.1, 0.15) is 24.1 Å². The molecule has 0 unspecified atom stereocenters. The Morgan fingerprint density at radius 1 is 1.39 bits per heavy atom. The number of nitrogens with zero attached hydrogens (tertiary/aromatic N) is 2. The van der Waals surface area contributed by atoms with Gasteiger partial charge >= 0.3 is 0 Å². The van der Waals surface area contributed by atoms with Crippen molar-refractivity contribution in [2.75, 3.05) is 5.73 Å². The van der Waals surface area contributed by atoms with Crippen molar-refractivity contribution >= 4 is 21.6 Å². The molecule has 1 heterocycles. The molecule has 0 atom stereocenters. The zero-order valence-electron chi connectivity index (χ0n) is 9.43. The van der Waals surface area contributed by atoms with Gasteiger partial charge in [-0.15, -0.1) is 0 Å². The number of pyridine rings is 1. The van der Waals surface area contributed by atoms with Gasteiger partial charge in [0.2, 0.25) is 0 Å². The molecule has 0 radical (unpaired) electrons. The molecule has 0 aliphatic heterocycles. The number of hydrogen-bond acceptors (Lipinski definition) is 4. The van der Waals surface area contributed by atoms with Gasteiger partial charge in [0.05, 0.1) is 0 Å². The predicted octanol–water partition coefficient (Wildman–Crippen LogP) is 2.88. The number of anilines is 1. The van der Waals surface area contributed by atoms with Crippen molar-refractivity contribution < 1.29 is 4.74 Å². The number of rotatable bonds is 3. The molecule has 0 aliphatic carbocycles. The Balaban J connectivity index is 2.14. The monoisotopic (exact) mass is 303 g/mol. The summed E-state index contributed by atoms with van der Waals surface area (Å²) in [5.74, 6) is 0.648. The first kappa shape index (κ1) is 12.4. The molecule has 0 saturated carbocycles. The first-order valence-electron chi connectivity index (χ1n) is 5.22. The molecule has 2 aromatic rings. The van der Waals surface area contributed by atoms with E-state index in [-0.39, 0.29) is 6.61 Å². The number of ether oxygens (including phenoxy) is 1. The Bertz CT molecular complexity index is 587. The SMILES string of the molecule is N#Cc1ncccc1COc1cc(N)cc(Br)c1. The van der Waals surface area contributed by atoms with Crippen molar-refractivity contribution in [1.82, 2.24) is 4.98 Å².